The zero-order chi connectivity index (χ0) is 17.8. The number of rotatable bonds is 3. The van der Waals surface area contributed by atoms with Crippen LogP contribution in [-0.4, -0.2) is 28.3 Å². The highest BCUT2D eigenvalue weighted by atomic mass is 16.5. The van der Waals surface area contributed by atoms with Gasteiger partial charge >= 0.3 is 6.09 Å². The van der Waals surface area contributed by atoms with E-state index in [4.69, 9.17) is 4.74 Å². The van der Waals surface area contributed by atoms with Crippen molar-refractivity contribution in [3.05, 3.63) is 60.2 Å². The molecule has 0 spiro atoms. The van der Waals surface area contributed by atoms with Crippen molar-refractivity contribution < 1.29 is 19.4 Å². The summed E-state index contributed by atoms with van der Waals surface area (Å²) in [7, 11) is 0. The van der Waals surface area contributed by atoms with Gasteiger partial charge in [-0.3, -0.25) is 4.79 Å². The Morgan fingerprint density at radius 3 is 2.48 bits per heavy atom. The van der Waals surface area contributed by atoms with E-state index in [2.05, 4.69) is 10.2 Å². The van der Waals surface area contributed by atoms with E-state index in [-0.39, 0.29) is 12.3 Å². The van der Waals surface area contributed by atoms with Crippen LogP contribution >= 0.6 is 0 Å². The summed E-state index contributed by atoms with van der Waals surface area (Å²) in [5, 5.41) is 18.4. The second kappa shape index (κ2) is 6.96. The maximum absolute atomic E-state index is 12.1. The molecule has 126 valence electrons. The molecule has 7 nitrogen and oxygen atoms in total. The van der Waals surface area contributed by atoms with Gasteiger partial charge in [-0.05, 0) is 25.1 Å². The predicted octanol–water partition coefficient (Wildman–Crippen LogP) is 4.28. The molecule has 0 bridgehead atoms. The number of hydrogen-bond acceptors (Lipinski definition) is 5. The number of aromatic nitrogens is 1. The van der Waals surface area contributed by atoms with E-state index in [0.29, 0.717) is 16.5 Å². The Balaban J connectivity index is 2.05. The van der Waals surface area contributed by atoms with Gasteiger partial charge in [-0.1, -0.05) is 36.4 Å². The topological polar surface area (TPSA) is 93.2 Å². The molecule has 25 heavy (non-hydrogen) atoms. The third-order valence-electron chi connectivity index (χ3n) is 3.54. The minimum atomic E-state index is -0.730. The molecule has 1 aromatic heterocycles. The number of carbonyl (C=O) groups excluding carboxylic acids is 2. The summed E-state index contributed by atoms with van der Waals surface area (Å²) in [5.74, 6) is -0.975. The Morgan fingerprint density at radius 2 is 1.76 bits per heavy atom. The summed E-state index contributed by atoms with van der Waals surface area (Å²) in [6.07, 6.45) is -0.730. The van der Waals surface area contributed by atoms with Gasteiger partial charge in [0.05, 0.1) is 12.1 Å². The maximum Gasteiger partial charge on any atom is 0.421 e. The molecule has 0 atom stereocenters. The van der Waals surface area contributed by atoms with Crippen LogP contribution in [-0.2, 0) is 4.74 Å². The number of hydrogen-bond donors (Lipinski definition) is 1. The van der Waals surface area contributed by atoms with Crippen molar-refractivity contribution in [3.8, 4) is 5.88 Å². The molecule has 1 heterocycles. The van der Waals surface area contributed by atoms with Gasteiger partial charge in [-0.25, -0.2) is 9.36 Å². The highest BCUT2D eigenvalue weighted by Crippen LogP contribution is 2.38. The van der Waals surface area contributed by atoms with Crippen LogP contribution in [0, 0.1) is 0 Å². The lowest BCUT2D eigenvalue weighted by atomic mass is 10.2. The molecule has 2 aromatic carbocycles. The largest absolute Gasteiger partial charge is 0.492 e. The van der Waals surface area contributed by atoms with Crippen molar-refractivity contribution >= 4 is 28.6 Å². The van der Waals surface area contributed by atoms with Crippen molar-refractivity contribution in [2.45, 2.75) is 6.92 Å². The lowest BCUT2D eigenvalue weighted by molar-refractivity contribution is 0.0995. The minimum Gasteiger partial charge on any atom is -0.492 e. The van der Waals surface area contributed by atoms with Crippen molar-refractivity contribution in [2.75, 3.05) is 6.61 Å². The summed E-state index contributed by atoms with van der Waals surface area (Å²) in [6.45, 7) is 1.83. The number of carbonyl (C=O) groups is 2. The SMILES string of the molecule is CCOC(=O)n1c(O)c(N=NC(=O)c2ccccc2)c2ccccc21. The number of amides is 1. The van der Waals surface area contributed by atoms with E-state index in [1.807, 2.05) is 0 Å². The fraction of sp³-hybridized carbons (Fsp3) is 0.111. The second-order valence-electron chi connectivity index (χ2n) is 5.09. The Labute approximate surface area is 143 Å². The number of aromatic hydroxyl groups is 1. The van der Waals surface area contributed by atoms with E-state index in [0.717, 1.165) is 4.57 Å². The first-order valence-electron chi connectivity index (χ1n) is 7.64. The first kappa shape index (κ1) is 16.4. The molecule has 0 unspecified atom stereocenters. The van der Waals surface area contributed by atoms with Crippen LogP contribution < -0.4 is 0 Å². The molecule has 7 heteroatoms. The van der Waals surface area contributed by atoms with Crippen molar-refractivity contribution in [1.29, 1.82) is 0 Å². The summed E-state index contributed by atoms with van der Waals surface area (Å²) in [4.78, 5) is 24.2. The van der Waals surface area contributed by atoms with Gasteiger partial charge in [-0.15, -0.1) is 10.2 Å². The third-order valence-corrected chi connectivity index (χ3v) is 3.54. The number of ether oxygens (including phenoxy) is 1. The summed E-state index contributed by atoms with van der Waals surface area (Å²) >= 11 is 0. The number of nitrogens with zero attached hydrogens (tertiary/aromatic N) is 3. The molecule has 0 saturated carbocycles. The quantitative estimate of drug-likeness (QED) is 0.722. The van der Waals surface area contributed by atoms with E-state index >= 15 is 0 Å². The number of azo groups is 1. The van der Waals surface area contributed by atoms with Crippen LogP contribution in [0.25, 0.3) is 10.9 Å². The van der Waals surface area contributed by atoms with Gasteiger partial charge in [0, 0.05) is 10.9 Å². The van der Waals surface area contributed by atoms with Gasteiger partial charge in [-0.2, -0.15) is 0 Å². The highest BCUT2D eigenvalue weighted by molar-refractivity contribution is 6.01. The Kier molecular flexibility index (Phi) is 4.56. The smallest absolute Gasteiger partial charge is 0.421 e. The molecular weight excluding hydrogens is 322 g/mol. The Hall–Kier alpha value is -3.48. The van der Waals surface area contributed by atoms with Gasteiger partial charge in [0.25, 0.3) is 5.91 Å². The third kappa shape index (κ3) is 3.12. The molecule has 0 aliphatic heterocycles. The Bertz CT molecular complexity index is 961. The average molecular weight is 337 g/mol. The first-order valence-corrected chi connectivity index (χ1v) is 7.64. The van der Waals surface area contributed by atoms with Gasteiger partial charge in [0.1, 0.15) is 0 Å². The van der Waals surface area contributed by atoms with E-state index < -0.39 is 17.9 Å². The van der Waals surface area contributed by atoms with Gasteiger partial charge in [0.15, 0.2) is 5.69 Å². The molecule has 0 aliphatic carbocycles. The summed E-state index contributed by atoms with van der Waals surface area (Å²) in [6, 6.07) is 15.2. The molecule has 3 rings (SSSR count). The molecule has 0 saturated heterocycles. The van der Waals surface area contributed by atoms with Crippen molar-refractivity contribution in [2.24, 2.45) is 10.2 Å². The van der Waals surface area contributed by atoms with Crippen LogP contribution in [0.5, 0.6) is 5.88 Å². The van der Waals surface area contributed by atoms with E-state index in [1.54, 1.807) is 61.5 Å². The van der Waals surface area contributed by atoms with Crippen molar-refractivity contribution in [1.82, 2.24) is 4.57 Å². The summed E-state index contributed by atoms with van der Waals surface area (Å²) < 4.78 is 5.95. The molecule has 1 amide bonds. The van der Waals surface area contributed by atoms with E-state index in [1.165, 1.54) is 0 Å². The summed E-state index contributed by atoms with van der Waals surface area (Å²) in [5.41, 5.74) is 0.826. The van der Waals surface area contributed by atoms with Crippen LogP contribution in [0.15, 0.2) is 64.8 Å². The molecular formula is C18H15N3O4. The molecule has 0 fully saturated rings. The molecule has 1 N–H and O–H groups in total. The lowest BCUT2D eigenvalue weighted by Gasteiger charge is -2.04. The standard InChI is InChI=1S/C18H15N3O4/c1-2-25-18(24)21-14-11-7-6-10-13(14)15(17(21)23)19-20-16(22)12-8-4-3-5-9-12/h3-11,23H,2H2,1H3. The predicted molar refractivity (Wildman–Crippen MR) is 91.3 cm³/mol. The molecule has 3 aromatic rings. The molecule has 0 radical (unpaired) electrons. The van der Waals surface area contributed by atoms with E-state index in [9.17, 15) is 14.7 Å². The number of para-hydroxylation sites is 1. The monoisotopic (exact) mass is 337 g/mol. The zero-order valence-electron chi connectivity index (χ0n) is 13.4. The average Bonchev–Trinajstić information content (AvgIpc) is 2.92. The van der Waals surface area contributed by atoms with Crippen molar-refractivity contribution in [3.63, 3.8) is 0 Å². The van der Waals surface area contributed by atoms with Gasteiger partial charge < -0.3 is 9.84 Å². The maximum atomic E-state index is 12.1. The lowest BCUT2D eigenvalue weighted by Crippen LogP contribution is -2.12. The fourth-order valence-corrected chi connectivity index (χ4v) is 2.41. The van der Waals surface area contributed by atoms with Crippen LogP contribution in [0.1, 0.15) is 17.3 Å². The first-order chi connectivity index (χ1) is 12.1. The minimum absolute atomic E-state index is 0.0351. The number of benzene rings is 2. The number of fused-ring (bicyclic) bond motifs is 1. The second-order valence-corrected chi connectivity index (χ2v) is 5.09. The fourth-order valence-electron chi connectivity index (χ4n) is 2.41. The van der Waals surface area contributed by atoms with Crippen LogP contribution in [0.2, 0.25) is 0 Å². The molecule has 0 aliphatic rings. The Morgan fingerprint density at radius 1 is 1.08 bits per heavy atom. The van der Waals surface area contributed by atoms with Crippen LogP contribution in [0.4, 0.5) is 10.5 Å². The normalized spacial score (nSPS) is 11.1. The van der Waals surface area contributed by atoms with Gasteiger partial charge in [0.2, 0.25) is 5.88 Å². The van der Waals surface area contributed by atoms with Crippen LogP contribution in [0.3, 0.4) is 0 Å². The highest BCUT2D eigenvalue weighted by Gasteiger charge is 2.22. The zero-order valence-corrected chi connectivity index (χ0v) is 13.4.